The molecule has 0 saturated heterocycles. The van der Waals surface area contributed by atoms with Crippen molar-refractivity contribution in [2.45, 2.75) is 24.3 Å². The van der Waals surface area contributed by atoms with Crippen LogP contribution in [-0.2, 0) is 19.4 Å². The van der Waals surface area contributed by atoms with Crippen molar-refractivity contribution in [3.8, 4) is 5.88 Å². The van der Waals surface area contributed by atoms with Crippen molar-refractivity contribution >= 4 is 27.2 Å². The van der Waals surface area contributed by atoms with Crippen molar-refractivity contribution in [2.75, 3.05) is 12.0 Å². The van der Waals surface area contributed by atoms with E-state index in [9.17, 15) is 13.2 Å². The molecule has 2 aromatic rings. The second-order valence-electron chi connectivity index (χ2n) is 6.40. The number of aromatic nitrogens is 1. The number of nitrogens with zero attached hydrogens (tertiary/aromatic N) is 1. The summed E-state index contributed by atoms with van der Waals surface area (Å²) >= 11 is 0. The van der Waals surface area contributed by atoms with Gasteiger partial charge in [-0.2, -0.15) is 4.98 Å². The van der Waals surface area contributed by atoms with Gasteiger partial charge in [0.05, 0.1) is 10.5 Å². The van der Waals surface area contributed by atoms with Gasteiger partial charge in [-0.1, -0.05) is 18.2 Å². The van der Waals surface area contributed by atoms with Gasteiger partial charge >= 0.3 is 5.97 Å². The standard InChI is InChI=1S/C18H18N2O5S/c1-18(2)15(11-7-9-12(10-8-11)26(3,22)23)16(17(21)25-18)24-14-6-4-5-13(19)20-14/h4-10H,1-3H3,(H2,19,20). The molecule has 0 saturated carbocycles. The number of carbonyl (C=O) groups is 1. The first kappa shape index (κ1) is 17.9. The molecule has 0 atom stereocenters. The van der Waals surface area contributed by atoms with Crippen molar-refractivity contribution in [3.63, 3.8) is 0 Å². The van der Waals surface area contributed by atoms with Crippen LogP contribution in [-0.4, -0.2) is 31.2 Å². The summed E-state index contributed by atoms with van der Waals surface area (Å²) in [4.78, 5) is 16.5. The highest BCUT2D eigenvalue weighted by molar-refractivity contribution is 7.90. The zero-order valence-electron chi connectivity index (χ0n) is 14.5. The number of rotatable bonds is 4. The highest BCUT2D eigenvalue weighted by atomic mass is 32.2. The number of carbonyl (C=O) groups excluding carboxylic acids is 1. The molecule has 3 rings (SSSR count). The van der Waals surface area contributed by atoms with E-state index < -0.39 is 21.4 Å². The number of pyridine rings is 1. The molecule has 26 heavy (non-hydrogen) atoms. The van der Waals surface area contributed by atoms with Gasteiger partial charge in [-0.25, -0.2) is 13.2 Å². The zero-order chi connectivity index (χ0) is 19.1. The number of sulfone groups is 1. The lowest BCUT2D eigenvalue weighted by Gasteiger charge is -2.21. The Hall–Kier alpha value is -2.87. The van der Waals surface area contributed by atoms with E-state index in [0.29, 0.717) is 11.1 Å². The highest BCUT2D eigenvalue weighted by Gasteiger charge is 2.43. The molecule has 1 aromatic heterocycles. The molecule has 0 radical (unpaired) electrons. The van der Waals surface area contributed by atoms with Crippen molar-refractivity contribution in [2.24, 2.45) is 0 Å². The van der Waals surface area contributed by atoms with Crippen LogP contribution in [0.3, 0.4) is 0 Å². The van der Waals surface area contributed by atoms with E-state index in [2.05, 4.69) is 4.98 Å². The van der Waals surface area contributed by atoms with Crippen LogP contribution in [0.15, 0.2) is 53.1 Å². The molecule has 7 nitrogen and oxygen atoms in total. The highest BCUT2D eigenvalue weighted by Crippen LogP contribution is 2.40. The first-order chi connectivity index (χ1) is 12.1. The van der Waals surface area contributed by atoms with Gasteiger partial charge in [0, 0.05) is 12.3 Å². The van der Waals surface area contributed by atoms with E-state index in [1.807, 2.05) is 0 Å². The molecular formula is C18H18N2O5S. The summed E-state index contributed by atoms with van der Waals surface area (Å²) in [6, 6.07) is 11.0. The third kappa shape index (κ3) is 3.41. The SMILES string of the molecule is CC1(C)OC(=O)C(Oc2cccc(N)n2)=C1c1ccc(S(C)(=O)=O)cc1. The minimum atomic E-state index is -3.32. The summed E-state index contributed by atoms with van der Waals surface area (Å²) in [5, 5.41) is 0. The van der Waals surface area contributed by atoms with E-state index in [1.54, 1.807) is 44.2 Å². The number of hydrogen-bond acceptors (Lipinski definition) is 7. The molecule has 0 unspecified atom stereocenters. The number of esters is 1. The minimum Gasteiger partial charge on any atom is -0.449 e. The van der Waals surface area contributed by atoms with Crippen molar-refractivity contribution < 1.29 is 22.7 Å². The third-order valence-electron chi connectivity index (χ3n) is 3.89. The molecular weight excluding hydrogens is 356 g/mol. The van der Waals surface area contributed by atoms with E-state index >= 15 is 0 Å². The maximum absolute atomic E-state index is 12.3. The Morgan fingerprint density at radius 2 is 1.77 bits per heavy atom. The first-order valence-electron chi connectivity index (χ1n) is 7.77. The predicted octanol–water partition coefficient (Wildman–Crippen LogP) is 2.19. The van der Waals surface area contributed by atoms with Crippen LogP contribution in [0, 0.1) is 0 Å². The monoisotopic (exact) mass is 374 g/mol. The Bertz CT molecular complexity index is 1010. The van der Waals surface area contributed by atoms with Gasteiger partial charge in [0.1, 0.15) is 11.4 Å². The van der Waals surface area contributed by atoms with Crippen LogP contribution in [0.5, 0.6) is 5.88 Å². The average molecular weight is 374 g/mol. The number of benzene rings is 1. The van der Waals surface area contributed by atoms with E-state index in [4.69, 9.17) is 15.2 Å². The Morgan fingerprint density at radius 1 is 1.12 bits per heavy atom. The van der Waals surface area contributed by atoms with Gasteiger partial charge in [-0.3, -0.25) is 0 Å². The molecule has 2 heterocycles. The van der Waals surface area contributed by atoms with Crippen LogP contribution in [0.2, 0.25) is 0 Å². The summed E-state index contributed by atoms with van der Waals surface area (Å²) in [5.74, 6) is -0.200. The van der Waals surface area contributed by atoms with Crippen LogP contribution in [0.4, 0.5) is 5.82 Å². The maximum Gasteiger partial charge on any atom is 0.375 e. The minimum absolute atomic E-state index is 0.000190. The number of nitrogens with two attached hydrogens (primary N) is 1. The van der Waals surface area contributed by atoms with E-state index in [1.165, 1.54) is 12.1 Å². The molecule has 0 spiro atoms. The summed E-state index contributed by atoms with van der Waals surface area (Å²) in [6.45, 7) is 3.46. The quantitative estimate of drug-likeness (QED) is 0.817. The molecule has 1 aliphatic heterocycles. The first-order valence-corrected chi connectivity index (χ1v) is 9.66. The molecule has 0 bridgehead atoms. The fraction of sp³-hybridized carbons (Fsp3) is 0.222. The van der Waals surface area contributed by atoms with Crippen LogP contribution < -0.4 is 10.5 Å². The summed E-state index contributed by atoms with van der Waals surface area (Å²) < 4.78 is 34.4. The van der Waals surface area contributed by atoms with Crippen molar-refractivity contribution in [1.29, 1.82) is 0 Å². The van der Waals surface area contributed by atoms with Gasteiger partial charge in [0.25, 0.3) is 0 Å². The predicted molar refractivity (Wildman–Crippen MR) is 95.9 cm³/mol. The van der Waals surface area contributed by atoms with Crippen LogP contribution in [0.25, 0.3) is 5.57 Å². The van der Waals surface area contributed by atoms with E-state index in [0.717, 1.165) is 6.26 Å². The van der Waals surface area contributed by atoms with Crippen molar-refractivity contribution in [1.82, 2.24) is 4.98 Å². The lowest BCUT2D eigenvalue weighted by Crippen LogP contribution is -2.22. The normalized spacial score (nSPS) is 16.5. The van der Waals surface area contributed by atoms with E-state index in [-0.39, 0.29) is 22.4 Å². The number of anilines is 1. The zero-order valence-corrected chi connectivity index (χ0v) is 15.3. The lowest BCUT2D eigenvalue weighted by molar-refractivity contribution is -0.145. The number of cyclic esters (lactones) is 1. The molecule has 0 fully saturated rings. The number of nitrogen functional groups attached to an aromatic ring is 1. The molecule has 0 aliphatic carbocycles. The number of hydrogen-bond donors (Lipinski definition) is 1. The smallest absolute Gasteiger partial charge is 0.375 e. The van der Waals surface area contributed by atoms with Gasteiger partial charge in [0.15, 0.2) is 9.84 Å². The molecule has 1 aromatic carbocycles. The molecule has 0 amide bonds. The van der Waals surface area contributed by atoms with Gasteiger partial charge in [0.2, 0.25) is 11.6 Å². The summed E-state index contributed by atoms with van der Waals surface area (Å²) in [6.07, 6.45) is 1.13. The largest absolute Gasteiger partial charge is 0.449 e. The van der Waals surface area contributed by atoms with Crippen LogP contribution >= 0.6 is 0 Å². The van der Waals surface area contributed by atoms with Crippen molar-refractivity contribution in [3.05, 3.63) is 53.8 Å². The maximum atomic E-state index is 12.3. The Kier molecular flexibility index (Phi) is 4.23. The van der Waals surface area contributed by atoms with Gasteiger partial charge in [-0.15, -0.1) is 0 Å². The lowest BCUT2D eigenvalue weighted by atomic mass is 9.92. The Morgan fingerprint density at radius 3 is 2.35 bits per heavy atom. The molecule has 2 N–H and O–H groups in total. The molecule has 8 heteroatoms. The average Bonchev–Trinajstić information content (AvgIpc) is 2.75. The van der Waals surface area contributed by atoms with Gasteiger partial charge in [-0.05, 0) is 37.6 Å². The third-order valence-corrected chi connectivity index (χ3v) is 5.01. The van der Waals surface area contributed by atoms with Crippen LogP contribution in [0.1, 0.15) is 19.4 Å². The summed E-state index contributed by atoms with van der Waals surface area (Å²) in [7, 11) is -3.32. The Balaban J connectivity index is 2.09. The second kappa shape index (κ2) is 6.14. The second-order valence-corrected chi connectivity index (χ2v) is 8.42. The fourth-order valence-electron chi connectivity index (χ4n) is 2.74. The Labute approximate surface area is 151 Å². The molecule has 136 valence electrons. The molecule has 1 aliphatic rings. The fourth-order valence-corrected chi connectivity index (χ4v) is 3.37. The topological polar surface area (TPSA) is 109 Å². The summed E-state index contributed by atoms with van der Waals surface area (Å²) in [5.41, 5.74) is 5.82. The number of ether oxygens (including phenoxy) is 2. The van der Waals surface area contributed by atoms with Gasteiger partial charge < -0.3 is 15.2 Å².